The first-order chi connectivity index (χ1) is 15.0. The van der Waals surface area contributed by atoms with Crippen LogP contribution in [0.5, 0.6) is 11.5 Å². The zero-order valence-electron chi connectivity index (χ0n) is 17.5. The first kappa shape index (κ1) is 21.9. The van der Waals surface area contributed by atoms with Crippen molar-refractivity contribution in [3.8, 4) is 11.5 Å². The Hall–Kier alpha value is -3.80. The minimum absolute atomic E-state index is 0.102. The maximum absolute atomic E-state index is 12.6. The number of methoxy groups -OCH3 is 1. The summed E-state index contributed by atoms with van der Waals surface area (Å²) in [5, 5.41) is 9.43. The van der Waals surface area contributed by atoms with Crippen LogP contribution in [0, 0.1) is 6.92 Å². The SMILES string of the molecule is COC(=O)c1c(OCc2ccccc2)cc(OCc2ccccc2)c(C)c1CC(=O)O. The molecule has 0 radical (unpaired) electrons. The molecule has 6 nitrogen and oxygen atoms in total. The van der Waals surface area contributed by atoms with E-state index in [-0.39, 0.29) is 24.3 Å². The lowest BCUT2D eigenvalue weighted by molar-refractivity contribution is -0.136. The second-order valence-corrected chi connectivity index (χ2v) is 6.96. The van der Waals surface area contributed by atoms with Gasteiger partial charge in [0, 0.05) is 6.07 Å². The van der Waals surface area contributed by atoms with Gasteiger partial charge in [-0.25, -0.2) is 4.79 Å². The van der Waals surface area contributed by atoms with Gasteiger partial charge in [0.25, 0.3) is 0 Å². The molecule has 0 heterocycles. The quantitative estimate of drug-likeness (QED) is 0.511. The Labute approximate surface area is 181 Å². The van der Waals surface area contributed by atoms with Crippen molar-refractivity contribution in [2.75, 3.05) is 7.11 Å². The Morgan fingerprint density at radius 1 is 0.839 bits per heavy atom. The molecule has 160 valence electrons. The molecule has 31 heavy (non-hydrogen) atoms. The standard InChI is InChI=1S/C25H24O6/c1-17-20(13-23(26)27)24(25(28)29-2)22(31-16-19-11-7-4-8-12-19)14-21(17)30-15-18-9-5-3-6-10-18/h3-12,14H,13,15-16H2,1-2H3,(H,26,27). The topological polar surface area (TPSA) is 82.1 Å². The summed E-state index contributed by atoms with van der Waals surface area (Å²) in [5.41, 5.74) is 2.85. The lowest BCUT2D eigenvalue weighted by Crippen LogP contribution is -2.15. The average molecular weight is 420 g/mol. The summed E-state index contributed by atoms with van der Waals surface area (Å²) < 4.78 is 16.8. The summed E-state index contributed by atoms with van der Waals surface area (Å²) in [6.07, 6.45) is -0.361. The summed E-state index contributed by atoms with van der Waals surface area (Å²) in [6, 6.07) is 20.7. The largest absolute Gasteiger partial charge is 0.488 e. The summed E-state index contributed by atoms with van der Waals surface area (Å²) in [5.74, 6) is -1.05. The van der Waals surface area contributed by atoms with Crippen LogP contribution in [-0.2, 0) is 29.2 Å². The molecule has 0 spiro atoms. The zero-order valence-corrected chi connectivity index (χ0v) is 17.5. The minimum atomic E-state index is -1.07. The molecule has 0 fully saturated rings. The number of carbonyl (C=O) groups excluding carboxylic acids is 1. The van der Waals surface area contributed by atoms with E-state index < -0.39 is 11.9 Å². The molecule has 3 aromatic rings. The van der Waals surface area contributed by atoms with Gasteiger partial charge in [0.2, 0.25) is 0 Å². The smallest absolute Gasteiger partial charge is 0.341 e. The van der Waals surface area contributed by atoms with Crippen molar-refractivity contribution in [1.82, 2.24) is 0 Å². The number of carboxylic acids is 1. The number of carboxylic acid groups (broad SMARTS) is 1. The van der Waals surface area contributed by atoms with Gasteiger partial charge in [0.1, 0.15) is 30.3 Å². The number of benzene rings is 3. The highest BCUT2D eigenvalue weighted by Crippen LogP contribution is 2.35. The Bertz CT molecular complexity index is 1040. The molecule has 0 amide bonds. The molecule has 1 N–H and O–H groups in total. The van der Waals surface area contributed by atoms with E-state index in [1.54, 1.807) is 13.0 Å². The van der Waals surface area contributed by atoms with E-state index in [0.717, 1.165) is 11.1 Å². The maximum Gasteiger partial charge on any atom is 0.341 e. The third-order valence-electron chi connectivity index (χ3n) is 4.82. The fourth-order valence-electron chi connectivity index (χ4n) is 3.22. The van der Waals surface area contributed by atoms with Crippen molar-refractivity contribution < 1.29 is 28.9 Å². The first-order valence-corrected chi connectivity index (χ1v) is 9.79. The number of aliphatic carboxylic acids is 1. The van der Waals surface area contributed by atoms with Crippen LogP contribution in [0.1, 0.15) is 32.6 Å². The van der Waals surface area contributed by atoms with Crippen molar-refractivity contribution >= 4 is 11.9 Å². The van der Waals surface area contributed by atoms with Gasteiger partial charge in [0.15, 0.2) is 0 Å². The van der Waals surface area contributed by atoms with Gasteiger partial charge in [-0.1, -0.05) is 60.7 Å². The molecular weight excluding hydrogens is 396 g/mol. The number of ether oxygens (including phenoxy) is 3. The third-order valence-corrected chi connectivity index (χ3v) is 4.82. The average Bonchev–Trinajstić information content (AvgIpc) is 2.79. The maximum atomic E-state index is 12.6. The van der Waals surface area contributed by atoms with Crippen LogP contribution in [0.15, 0.2) is 66.7 Å². The van der Waals surface area contributed by atoms with Crippen molar-refractivity contribution in [1.29, 1.82) is 0 Å². The van der Waals surface area contributed by atoms with Gasteiger partial charge in [-0.3, -0.25) is 4.79 Å². The molecule has 3 aromatic carbocycles. The molecule has 0 atom stereocenters. The van der Waals surface area contributed by atoms with Crippen LogP contribution in [0.4, 0.5) is 0 Å². The second-order valence-electron chi connectivity index (χ2n) is 6.96. The number of rotatable bonds is 9. The zero-order chi connectivity index (χ0) is 22.2. The highest BCUT2D eigenvalue weighted by Gasteiger charge is 2.25. The molecule has 3 rings (SSSR count). The van der Waals surface area contributed by atoms with Crippen molar-refractivity contribution in [2.24, 2.45) is 0 Å². The Kier molecular flexibility index (Phi) is 7.27. The number of hydrogen-bond acceptors (Lipinski definition) is 5. The van der Waals surface area contributed by atoms with E-state index in [4.69, 9.17) is 14.2 Å². The van der Waals surface area contributed by atoms with Gasteiger partial charge < -0.3 is 19.3 Å². The highest BCUT2D eigenvalue weighted by molar-refractivity contribution is 5.96. The second kappa shape index (κ2) is 10.3. The van der Waals surface area contributed by atoms with E-state index in [1.807, 2.05) is 60.7 Å². The van der Waals surface area contributed by atoms with Gasteiger partial charge >= 0.3 is 11.9 Å². The van der Waals surface area contributed by atoms with Crippen LogP contribution < -0.4 is 9.47 Å². The summed E-state index contributed by atoms with van der Waals surface area (Å²) in [6.45, 7) is 2.23. The van der Waals surface area contributed by atoms with Gasteiger partial charge in [-0.2, -0.15) is 0 Å². The van der Waals surface area contributed by atoms with Crippen LogP contribution in [0.2, 0.25) is 0 Å². The van der Waals surface area contributed by atoms with Gasteiger partial charge in [-0.05, 0) is 29.2 Å². The highest BCUT2D eigenvalue weighted by atomic mass is 16.5. The van der Waals surface area contributed by atoms with Gasteiger partial charge in [-0.15, -0.1) is 0 Å². The first-order valence-electron chi connectivity index (χ1n) is 9.79. The monoisotopic (exact) mass is 420 g/mol. The van der Waals surface area contributed by atoms with Crippen LogP contribution in [0.25, 0.3) is 0 Å². The lowest BCUT2D eigenvalue weighted by Gasteiger charge is -2.19. The molecule has 0 aliphatic heterocycles. The Morgan fingerprint density at radius 3 is 1.84 bits per heavy atom. The Morgan fingerprint density at radius 2 is 1.35 bits per heavy atom. The predicted octanol–water partition coefficient (Wildman–Crippen LogP) is 4.57. The number of hydrogen-bond donors (Lipinski definition) is 1. The van der Waals surface area contributed by atoms with E-state index in [2.05, 4.69) is 0 Å². The van der Waals surface area contributed by atoms with E-state index in [0.29, 0.717) is 23.5 Å². The number of carbonyl (C=O) groups is 2. The van der Waals surface area contributed by atoms with Crippen molar-refractivity contribution in [2.45, 2.75) is 26.6 Å². The van der Waals surface area contributed by atoms with E-state index in [9.17, 15) is 14.7 Å². The van der Waals surface area contributed by atoms with Crippen LogP contribution in [-0.4, -0.2) is 24.2 Å². The van der Waals surface area contributed by atoms with E-state index in [1.165, 1.54) is 7.11 Å². The van der Waals surface area contributed by atoms with Crippen LogP contribution >= 0.6 is 0 Å². The number of esters is 1. The molecule has 0 aliphatic carbocycles. The molecule has 0 bridgehead atoms. The minimum Gasteiger partial charge on any atom is -0.488 e. The molecule has 0 aromatic heterocycles. The molecule has 0 unspecified atom stereocenters. The molecule has 0 saturated heterocycles. The third kappa shape index (κ3) is 5.63. The summed E-state index contributed by atoms with van der Waals surface area (Å²) in [4.78, 5) is 24.1. The molecule has 6 heteroatoms. The fourth-order valence-corrected chi connectivity index (χ4v) is 3.22. The summed E-state index contributed by atoms with van der Waals surface area (Å²) >= 11 is 0. The summed E-state index contributed by atoms with van der Waals surface area (Å²) in [7, 11) is 1.25. The van der Waals surface area contributed by atoms with Crippen LogP contribution in [0.3, 0.4) is 0 Å². The lowest BCUT2D eigenvalue weighted by atomic mass is 9.96. The molecule has 0 saturated carbocycles. The van der Waals surface area contributed by atoms with Gasteiger partial charge in [0.05, 0.1) is 13.5 Å². The molecular formula is C25H24O6. The Balaban J connectivity index is 2.01. The molecule has 0 aliphatic rings. The fraction of sp³-hybridized carbons (Fsp3) is 0.200. The predicted molar refractivity (Wildman–Crippen MR) is 115 cm³/mol. The van der Waals surface area contributed by atoms with Crippen molar-refractivity contribution in [3.05, 3.63) is 94.5 Å². The normalized spacial score (nSPS) is 10.4. The van der Waals surface area contributed by atoms with Crippen molar-refractivity contribution in [3.63, 3.8) is 0 Å². The van der Waals surface area contributed by atoms with E-state index >= 15 is 0 Å².